The van der Waals surface area contributed by atoms with Gasteiger partial charge in [-0.15, -0.1) is 0 Å². The van der Waals surface area contributed by atoms with Gasteiger partial charge in [-0.05, 0) is 26.1 Å². The third-order valence-electron chi connectivity index (χ3n) is 1.09. The normalized spacial score (nSPS) is 9.69. The van der Waals surface area contributed by atoms with Crippen LogP contribution in [0.3, 0.4) is 0 Å². The van der Waals surface area contributed by atoms with Gasteiger partial charge in [-0.3, -0.25) is 0 Å². The fraction of sp³-hybridized carbons (Fsp3) is 0.667. The van der Waals surface area contributed by atoms with E-state index in [1.165, 1.54) is 5.57 Å². The van der Waals surface area contributed by atoms with Crippen molar-refractivity contribution in [2.45, 2.75) is 41.5 Å². The van der Waals surface area contributed by atoms with Crippen LogP contribution in [0.5, 0.6) is 0 Å². The zero-order chi connectivity index (χ0) is 11.3. The molecule has 0 amide bonds. The van der Waals surface area contributed by atoms with E-state index < -0.39 is 0 Å². The van der Waals surface area contributed by atoms with E-state index >= 15 is 0 Å². The zero-order valence-electron chi connectivity index (χ0n) is 10.7. The van der Waals surface area contributed by atoms with E-state index in [9.17, 15) is 0 Å². The van der Waals surface area contributed by atoms with Gasteiger partial charge in [0.15, 0.2) is 0 Å². The van der Waals surface area contributed by atoms with E-state index in [0.717, 1.165) is 0 Å². The topological polar surface area (TPSA) is 3.24 Å². The lowest BCUT2D eigenvalue weighted by Gasteiger charge is -2.02. The maximum absolute atomic E-state index is 2.08. The third-order valence-corrected chi connectivity index (χ3v) is 1.09. The van der Waals surface area contributed by atoms with Gasteiger partial charge >= 0.3 is 0 Å². The Morgan fingerprint density at radius 2 is 1.38 bits per heavy atom. The second-order valence-corrected chi connectivity index (χ2v) is 2.31. The summed E-state index contributed by atoms with van der Waals surface area (Å²) in [5.41, 5.74) is 1.30. The molecule has 13 heavy (non-hydrogen) atoms. The van der Waals surface area contributed by atoms with E-state index in [2.05, 4.69) is 19.1 Å². The summed E-state index contributed by atoms with van der Waals surface area (Å²) < 4.78 is 0. The predicted molar refractivity (Wildman–Crippen MR) is 65.0 cm³/mol. The van der Waals surface area contributed by atoms with Crippen LogP contribution in [0.25, 0.3) is 0 Å². The molecule has 0 spiro atoms. The molecule has 0 aromatic heterocycles. The minimum Gasteiger partial charge on any atom is -0.383 e. The smallest absolute Gasteiger partial charge is 0.00556 e. The van der Waals surface area contributed by atoms with Crippen LogP contribution in [0.1, 0.15) is 41.5 Å². The molecule has 0 heterocycles. The SMILES string of the molecule is C/C=C(C)\C=C/N(C)C.CC.CC. The summed E-state index contributed by atoms with van der Waals surface area (Å²) in [6.07, 6.45) is 6.20. The fourth-order valence-corrected chi connectivity index (χ4v) is 0.363. The highest BCUT2D eigenvalue weighted by Crippen LogP contribution is 1.93. The Morgan fingerprint density at radius 3 is 1.62 bits per heavy atom. The van der Waals surface area contributed by atoms with Crippen molar-refractivity contribution in [1.29, 1.82) is 0 Å². The summed E-state index contributed by atoms with van der Waals surface area (Å²) in [5.74, 6) is 0. The number of hydrogen-bond donors (Lipinski definition) is 0. The van der Waals surface area contributed by atoms with Crippen LogP contribution in [0.4, 0.5) is 0 Å². The van der Waals surface area contributed by atoms with Crippen LogP contribution in [0.15, 0.2) is 23.9 Å². The van der Waals surface area contributed by atoms with Gasteiger partial charge < -0.3 is 4.90 Å². The van der Waals surface area contributed by atoms with Crippen molar-refractivity contribution in [2.24, 2.45) is 0 Å². The van der Waals surface area contributed by atoms with Crippen LogP contribution >= 0.6 is 0 Å². The van der Waals surface area contributed by atoms with Gasteiger partial charge in [-0.2, -0.15) is 0 Å². The lowest BCUT2D eigenvalue weighted by Crippen LogP contribution is -1.99. The molecule has 0 unspecified atom stereocenters. The molecule has 0 radical (unpaired) electrons. The Kier molecular flexibility index (Phi) is 24.3. The number of hydrogen-bond acceptors (Lipinski definition) is 1. The molecule has 0 aliphatic carbocycles. The van der Waals surface area contributed by atoms with Crippen LogP contribution in [0, 0.1) is 0 Å². The van der Waals surface area contributed by atoms with Gasteiger partial charge in [-0.1, -0.05) is 39.3 Å². The lowest BCUT2D eigenvalue weighted by atomic mass is 10.3. The molecule has 0 saturated heterocycles. The standard InChI is InChI=1S/C8H15N.2C2H6/c1-5-8(2)6-7-9(3)4;2*1-2/h5-7H,1-4H3;2*1-2H3/b7-6-,8-5-;;. The summed E-state index contributed by atoms with van der Waals surface area (Å²) >= 11 is 0. The van der Waals surface area contributed by atoms with Crippen LogP contribution in [0.2, 0.25) is 0 Å². The molecular formula is C12H27N. The molecule has 0 aliphatic rings. The third kappa shape index (κ3) is 24.6. The highest BCUT2D eigenvalue weighted by Gasteiger charge is 1.76. The fourth-order valence-electron chi connectivity index (χ4n) is 0.363. The number of allylic oxidation sites excluding steroid dienone is 3. The van der Waals surface area contributed by atoms with Gasteiger partial charge in [0.25, 0.3) is 0 Å². The van der Waals surface area contributed by atoms with Gasteiger partial charge in [0.05, 0.1) is 0 Å². The van der Waals surface area contributed by atoms with Gasteiger partial charge in [0, 0.05) is 14.1 Å². The van der Waals surface area contributed by atoms with Gasteiger partial charge in [0.2, 0.25) is 0 Å². The van der Waals surface area contributed by atoms with Crippen molar-refractivity contribution in [3.8, 4) is 0 Å². The Labute approximate surface area is 85.1 Å². The molecule has 0 atom stereocenters. The van der Waals surface area contributed by atoms with E-state index in [0.29, 0.717) is 0 Å². The predicted octanol–water partition coefficient (Wildman–Crippen LogP) is 4.08. The van der Waals surface area contributed by atoms with E-state index in [4.69, 9.17) is 0 Å². The quantitative estimate of drug-likeness (QED) is 0.586. The average molecular weight is 185 g/mol. The molecule has 0 N–H and O–H groups in total. The summed E-state index contributed by atoms with van der Waals surface area (Å²) in [6.45, 7) is 12.1. The first-order valence-electron chi connectivity index (χ1n) is 5.14. The molecule has 80 valence electrons. The Morgan fingerprint density at radius 1 is 1.00 bits per heavy atom. The highest BCUT2D eigenvalue weighted by atomic mass is 15.0. The summed E-state index contributed by atoms with van der Waals surface area (Å²) in [7, 11) is 4.03. The molecule has 0 rings (SSSR count). The second kappa shape index (κ2) is 17.4. The average Bonchev–Trinajstić information content (AvgIpc) is 2.20. The number of nitrogens with zero attached hydrogens (tertiary/aromatic N) is 1. The molecule has 0 fully saturated rings. The van der Waals surface area contributed by atoms with Gasteiger partial charge in [-0.25, -0.2) is 0 Å². The first-order chi connectivity index (χ1) is 6.16. The lowest BCUT2D eigenvalue weighted by molar-refractivity contribution is 0.563. The first-order valence-corrected chi connectivity index (χ1v) is 5.14. The maximum atomic E-state index is 2.08. The Bertz CT molecular complexity index is 121. The van der Waals surface area contributed by atoms with Crippen LogP contribution < -0.4 is 0 Å². The van der Waals surface area contributed by atoms with Crippen molar-refractivity contribution in [3.05, 3.63) is 23.9 Å². The van der Waals surface area contributed by atoms with Crippen molar-refractivity contribution in [3.63, 3.8) is 0 Å². The maximum Gasteiger partial charge on any atom is 0.00556 e. The van der Waals surface area contributed by atoms with Crippen LogP contribution in [-0.2, 0) is 0 Å². The zero-order valence-corrected chi connectivity index (χ0v) is 10.7. The summed E-state index contributed by atoms with van der Waals surface area (Å²) in [6, 6.07) is 0. The Hall–Kier alpha value is -0.720. The molecule has 0 bridgehead atoms. The van der Waals surface area contributed by atoms with E-state index in [1.807, 2.05) is 59.8 Å². The van der Waals surface area contributed by atoms with Crippen molar-refractivity contribution in [2.75, 3.05) is 14.1 Å². The molecule has 0 saturated carbocycles. The molecule has 0 aliphatic heterocycles. The van der Waals surface area contributed by atoms with Crippen molar-refractivity contribution in [1.82, 2.24) is 4.90 Å². The molecule has 0 aromatic rings. The molecular weight excluding hydrogens is 158 g/mol. The van der Waals surface area contributed by atoms with E-state index in [-0.39, 0.29) is 0 Å². The van der Waals surface area contributed by atoms with Crippen molar-refractivity contribution < 1.29 is 0 Å². The first kappa shape index (κ1) is 18.1. The molecule has 0 aromatic carbocycles. The largest absolute Gasteiger partial charge is 0.383 e. The van der Waals surface area contributed by atoms with Crippen molar-refractivity contribution >= 4 is 0 Å². The van der Waals surface area contributed by atoms with E-state index in [1.54, 1.807) is 0 Å². The monoisotopic (exact) mass is 185 g/mol. The second-order valence-electron chi connectivity index (χ2n) is 2.31. The van der Waals surface area contributed by atoms with Crippen LogP contribution in [-0.4, -0.2) is 19.0 Å². The Balaban J connectivity index is -0.000000218. The number of rotatable bonds is 2. The highest BCUT2D eigenvalue weighted by molar-refractivity contribution is 5.13. The molecule has 1 heteroatoms. The molecule has 1 nitrogen and oxygen atoms in total. The summed E-state index contributed by atoms with van der Waals surface area (Å²) in [4.78, 5) is 2.02. The summed E-state index contributed by atoms with van der Waals surface area (Å²) in [5, 5.41) is 0. The minimum absolute atomic E-state index is 1.30. The van der Waals surface area contributed by atoms with Gasteiger partial charge in [0.1, 0.15) is 0 Å². The minimum atomic E-state index is 1.30.